The van der Waals surface area contributed by atoms with Gasteiger partial charge in [0.25, 0.3) is 0 Å². The van der Waals surface area contributed by atoms with E-state index in [4.69, 9.17) is 5.73 Å². The Morgan fingerprint density at radius 1 is 1.24 bits per heavy atom. The van der Waals surface area contributed by atoms with Gasteiger partial charge in [0.1, 0.15) is 5.82 Å². The van der Waals surface area contributed by atoms with E-state index >= 15 is 0 Å². The fourth-order valence-corrected chi connectivity index (χ4v) is 3.34. The van der Waals surface area contributed by atoms with Gasteiger partial charge in [-0.15, -0.1) is 0 Å². The van der Waals surface area contributed by atoms with E-state index in [9.17, 15) is 9.00 Å². The van der Waals surface area contributed by atoms with Crippen molar-refractivity contribution in [3.05, 3.63) is 36.0 Å². The summed E-state index contributed by atoms with van der Waals surface area (Å²) in [6.07, 6.45) is 0. The van der Waals surface area contributed by atoms with Crippen LogP contribution in [0.4, 0.5) is 16.3 Å². The Balaban J connectivity index is 2.37. The van der Waals surface area contributed by atoms with Crippen LogP contribution in [-0.4, -0.2) is 33.0 Å². The van der Waals surface area contributed by atoms with Gasteiger partial charge in [0, 0.05) is 40.9 Å². The van der Waals surface area contributed by atoms with Gasteiger partial charge in [0.2, 0.25) is 0 Å². The third-order valence-electron chi connectivity index (χ3n) is 3.82. The third kappa shape index (κ3) is 4.33. The fraction of sp³-hybridized carbons (Fsp3) is 0.353. The van der Waals surface area contributed by atoms with Gasteiger partial charge < -0.3 is 16.4 Å². The highest BCUT2D eigenvalue weighted by atomic mass is 32.2. The molecule has 0 aliphatic heterocycles. The Morgan fingerprint density at radius 2 is 1.88 bits per heavy atom. The van der Waals surface area contributed by atoms with Crippen molar-refractivity contribution in [3.8, 4) is 11.4 Å². The van der Waals surface area contributed by atoms with Crippen molar-refractivity contribution in [1.29, 1.82) is 0 Å². The Hall–Kier alpha value is -2.48. The number of benzene rings is 1. The largest absolute Gasteiger partial charge is 0.384 e. The molecule has 0 spiro atoms. The molecule has 1 unspecified atom stereocenters. The Labute approximate surface area is 149 Å². The summed E-state index contributed by atoms with van der Waals surface area (Å²) >= 11 is 0. The molecule has 1 aromatic carbocycles. The second-order valence-corrected chi connectivity index (χ2v) is 8.22. The number of carbonyl (C=O) groups excluding carboxylic acids is 1. The predicted octanol–water partition coefficient (Wildman–Crippen LogP) is 2.48. The molecule has 7 nitrogen and oxygen atoms in total. The Kier molecular flexibility index (Phi) is 5.73. The van der Waals surface area contributed by atoms with E-state index in [0.717, 1.165) is 5.56 Å². The van der Waals surface area contributed by atoms with Crippen molar-refractivity contribution < 1.29 is 9.00 Å². The number of aromatic nitrogens is 2. The van der Waals surface area contributed by atoms with Crippen LogP contribution in [0.1, 0.15) is 26.5 Å². The van der Waals surface area contributed by atoms with E-state index in [1.165, 1.54) is 0 Å². The molecule has 0 radical (unpaired) electrons. The number of nitrogens with zero attached hydrogens (tertiary/aromatic N) is 2. The zero-order valence-corrected chi connectivity index (χ0v) is 15.6. The monoisotopic (exact) mass is 361 g/mol. The lowest BCUT2D eigenvalue weighted by atomic mass is 10.1. The van der Waals surface area contributed by atoms with Gasteiger partial charge in [0.05, 0.1) is 10.4 Å². The first-order valence-corrected chi connectivity index (χ1v) is 9.22. The number of hydrogen-bond donors (Lipinski definition) is 3. The number of carbonyl (C=O) groups is 1. The van der Waals surface area contributed by atoms with E-state index in [-0.39, 0.29) is 6.03 Å². The molecule has 1 heterocycles. The number of nitrogens with one attached hydrogen (secondary N) is 2. The van der Waals surface area contributed by atoms with Crippen molar-refractivity contribution in [2.75, 3.05) is 23.9 Å². The average Bonchev–Trinajstić information content (AvgIpc) is 2.60. The number of hydrogen-bond acceptors (Lipinski definition) is 5. The first kappa shape index (κ1) is 18.9. The van der Waals surface area contributed by atoms with Crippen LogP contribution < -0.4 is 16.4 Å². The maximum Gasteiger partial charge on any atom is 0.318 e. The second kappa shape index (κ2) is 7.60. The molecule has 1 atom stereocenters. The molecule has 0 fully saturated rings. The lowest BCUT2D eigenvalue weighted by Crippen LogP contribution is -2.27. The van der Waals surface area contributed by atoms with Crippen molar-refractivity contribution in [2.45, 2.75) is 25.5 Å². The molecule has 0 saturated heterocycles. The van der Waals surface area contributed by atoms with Gasteiger partial charge in [0.15, 0.2) is 5.82 Å². The summed E-state index contributed by atoms with van der Waals surface area (Å²) < 4.78 is 11.7. The van der Waals surface area contributed by atoms with Crippen LogP contribution in [0.5, 0.6) is 0 Å². The minimum Gasteiger partial charge on any atom is -0.384 e. The first-order valence-electron chi connectivity index (χ1n) is 7.90. The molecular formula is C17H23N5O2S. The molecule has 25 heavy (non-hydrogen) atoms. The normalized spacial score (nSPS) is 12.5. The fourth-order valence-electron chi connectivity index (χ4n) is 2.28. The maximum absolute atomic E-state index is 12.3. The Morgan fingerprint density at radius 3 is 2.44 bits per heavy atom. The maximum atomic E-state index is 12.3. The second-order valence-electron chi connectivity index (χ2n) is 5.93. The van der Waals surface area contributed by atoms with E-state index in [0.29, 0.717) is 28.8 Å². The minimum atomic E-state index is -1.07. The molecule has 2 amide bonds. The van der Waals surface area contributed by atoms with Crippen molar-refractivity contribution >= 4 is 28.3 Å². The molecule has 0 saturated carbocycles. The number of amides is 2. The SMILES string of the molecule is CCS(=O)C(C)(C)c1cc(N)nc(-c2ccc(NC(=O)NC)cc2)n1. The van der Waals surface area contributed by atoms with Crippen LogP contribution in [0.25, 0.3) is 11.4 Å². The van der Waals surface area contributed by atoms with Crippen LogP contribution in [0.3, 0.4) is 0 Å². The molecule has 0 bridgehead atoms. The summed E-state index contributed by atoms with van der Waals surface area (Å²) in [5.41, 5.74) is 7.99. The predicted molar refractivity (Wildman–Crippen MR) is 102 cm³/mol. The molecule has 2 rings (SSSR count). The molecule has 134 valence electrons. The summed E-state index contributed by atoms with van der Waals surface area (Å²) in [5.74, 6) is 1.32. The van der Waals surface area contributed by atoms with E-state index in [2.05, 4.69) is 20.6 Å². The molecule has 0 aliphatic carbocycles. The summed E-state index contributed by atoms with van der Waals surface area (Å²) in [6.45, 7) is 5.64. The highest BCUT2D eigenvalue weighted by Gasteiger charge is 2.29. The van der Waals surface area contributed by atoms with E-state index in [1.54, 1.807) is 37.4 Å². The highest BCUT2D eigenvalue weighted by molar-refractivity contribution is 7.85. The number of urea groups is 1. The molecule has 8 heteroatoms. The zero-order valence-electron chi connectivity index (χ0n) is 14.8. The number of rotatable bonds is 5. The number of anilines is 2. The van der Waals surface area contributed by atoms with E-state index in [1.807, 2.05) is 20.8 Å². The number of nitrogen functional groups attached to an aromatic ring is 1. The van der Waals surface area contributed by atoms with Gasteiger partial charge in [-0.3, -0.25) is 4.21 Å². The molecule has 2 aromatic rings. The average molecular weight is 361 g/mol. The van der Waals surface area contributed by atoms with Gasteiger partial charge in [-0.05, 0) is 38.1 Å². The van der Waals surface area contributed by atoms with Gasteiger partial charge in [-0.1, -0.05) is 6.92 Å². The summed E-state index contributed by atoms with van der Waals surface area (Å²) in [5, 5.41) is 5.17. The molecule has 1 aromatic heterocycles. The van der Waals surface area contributed by atoms with Crippen LogP contribution in [0, 0.1) is 0 Å². The standard InChI is InChI=1S/C17H23N5O2S/c1-5-25(24)17(2,3)13-10-14(18)22-15(21-13)11-6-8-12(9-7-11)20-16(23)19-4/h6-10H,5H2,1-4H3,(H2,18,21,22)(H2,19,20,23). The smallest absolute Gasteiger partial charge is 0.318 e. The van der Waals surface area contributed by atoms with Crippen LogP contribution in [-0.2, 0) is 15.5 Å². The van der Waals surface area contributed by atoms with Gasteiger partial charge in [-0.25, -0.2) is 14.8 Å². The summed E-state index contributed by atoms with van der Waals surface area (Å²) in [4.78, 5) is 20.2. The summed E-state index contributed by atoms with van der Waals surface area (Å²) in [7, 11) is 0.476. The molecular weight excluding hydrogens is 338 g/mol. The number of nitrogens with two attached hydrogens (primary N) is 1. The van der Waals surface area contributed by atoms with Crippen molar-refractivity contribution in [3.63, 3.8) is 0 Å². The third-order valence-corrected chi connectivity index (χ3v) is 5.69. The van der Waals surface area contributed by atoms with Crippen LogP contribution in [0.2, 0.25) is 0 Å². The first-order chi connectivity index (χ1) is 11.8. The topological polar surface area (TPSA) is 110 Å². The highest BCUT2D eigenvalue weighted by Crippen LogP contribution is 2.29. The quantitative estimate of drug-likeness (QED) is 0.758. The van der Waals surface area contributed by atoms with Crippen molar-refractivity contribution in [1.82, 2.24) is 15.3 Å². The zero-order chi connectivity index (χ0) is 18.6. The molecule has 0 aliphatic rings. The van der Waals surface area contributed by atoms with Crippen LogP contribution in [0.15, 0.2) is 30.3 Å². The minimum absolute atomic E-state index is 0.293. The van der Waals surface area contributed by atoms with Gasteiger partial charge in [-0.2, -0.15) is 0 Å². The Bertz CT molecular complexity index is 790. The lowest BCUT2D eigenvalue weighted by Gasteiger charge is -2.23. The molecule has 4 N–H and O–H groups in total. The van der Waals surface area contributed by atoms with Crippen LogP contribution >= 0.6 is 0 Å². The lowest BCUT2D eigenvalue weighted by molar-refractivity contribution is 0.254. The van der Waals surface area contributed by atoms with Gasteiger partial charge >= 0.3 is 6.03 Å². The van der Waals surface area contributed by atoms with Crippen molar-refractivity contribution in [2.24, 2.45) is 0 Å². The van der Waals surface area contributed by atoms with E-state index < -0.39 is 15.5 Å². The summed E-state index contributed by atoms with van der Waals surface area (Å²) in [6, 6.07) is 8.48.